The molecule has 30 heavy (non-hydrogen) atoms. The highest BCUT2D eigenvalue weighted by Crippen LogP contribution is 2.26. The fourth-order valence-corrected chi connectivity index (χ4v) is 5.22. The molecule has 1 amide bonds. The van der Waals surface area contributed by atoms with Crippen LogP contribution in [0.1, 0.15) is 22.6 Å². The molecule has 0 atom stereocenters. The molecule has 1 heterocycles. The third-order valence-electron chi connectivity index (χ3n) is 4.70. The van der Waals surface area contributed by atoms with Crippen molar-refractivity contribution in [1.29, 1.82) is 0 Å². The van der Waals surface area contributed by atoms with Gasteiger partial charge in [0.1, 0.15) is 10.6 Å². The van der Waals surface area contributed by atoms with Crippen LogP contribution in [0.3, 0.4) is 0 Å². The number of anilines is 1. The number of carbonyl (C=O) groups is 1. The van der Waals surface area contributed by atoms with Gasteiger partial charge in [-0.3, -0.25) is 4.79 Å². The van der Waals surface area contributed by atoms with Gasteiger partial charge >= 0.3 is 0 Å². The molecule has 0 saturated heterocycles. The Morgan fingerprint density at radius 3 is 2.13 bits per heavy atom. The third kappa shape index (κ3) is 4.56. The van der Waals surface area contributed by atoms with Crippen molar-refractivity contribution in [3.63, 3.8) is 0 Å². The Morgan fingerprint density at radius 1 is 1.03 bits per heavy atom. The van der Waals surface area contributed by atoms with Crippen molar-refractivity contribution in [2.45, 2.75) is 37.5 Å². The first-order chi connectivity index (χ1) is 13.7. The van der Waals surface area contributed by atoms with Gasteiger partial charge in [-0.1, -0.05) is 5.16 Å². The van der Waals surface area contributed by atoms with Crippen LogP contribution in [0.2, 0.25) is 0 Å². The lowest BCUT2D eigenvalue weighted by atomic mass is 10.1. The minimum absolute atomic E-state index is 0.0302. The van der Waals surface area contributed by atoms with E-state index in [1.165, 1.54) is 47.1 Å². The Morgan fingerprint density at radius 2 is 1.63 bits per heavy atom. The highest BCUT2D eigenvalue weighted by atomic mass is 32.2. The maximum Gasteiger partial charge on any atom is 0.248 e. The number of aryl methyl sites for hydroxylation is 3. The normalized spacial score (nSPS) is 12.6. The van der Waals surface area contributed by atoms with Crippen LogP contribution in [0.15, 0.2) is 26.4 Å². The van der Waals surface area contributed by atoms with Crippen molar-refractivity contribution in [1.82, 2.24) is 13.8 Å². The number of likely N-dealkylation sites (N-methyl/N-ethyl adjacent to an activating group) is 1. The number of amides is 1. The zero-order chi connectivity index (χ0) is 23.0. The van der Waals surface area contributed by atoms with E-state index in [4.69, 9.17) is 4.52 Å². The molecule has 0 bridgehead atoms. The van der Waals surface area contributed by atoms with Crippen LogP contribution in [0.5, 0.6) is 0 Å². The average Bonchev–Trinajstić information content (AvgIpc) is 2.97. The van der Waals surface area contributed by atoms with Crippen molar-refractivity contribution in [2.75, 3.05) is 33.0 Å². The van der Waals surface area contributed by atoms with Crippen LogP contribution < -0.4 is 5.32 Å². The van der Waals surface area contributed by atoms with Crippen molar-refractivity contribution in [3.05, 3.63) is 34.7 Å². The number of aromatic nitrogens is 1. The van der Waals surface area contributed by atoms with Crippen LogP contribution >= 0.6 is 0 Å². The summed E-state index contributed by atoms with van der Waals surface area (Å²) in [5.74, 6) is -0.484. The molecule has 0 aliphatic carbocycles. The lowest BCUT2D eigenvalue weighted by Gasteiger charge is -2.19. The summed E-state index contributed by atoms with van der Waals surface area (Å²) in [5.41, 5.74) is 1.85. The minimum atomic E-state index is -3.99. The van der Waals surface area contributed by atoms with E-state index >= 15 is 0 Å². The molecule has 0 aliphatic rings. The summed E-state index contributed by atoms with van der Waals surface area (Å²) >= 11 is 0. The molecule has 1 aromatic heterocycles. The largest absolute Gasteiger partial charge is 0.360 e. The Kier molecular flexibility index (Phi) is 6.76. The zero-order valence-corrected chi connectivity index (χ0v) is 19.6. The quantitative estimate of drug-likeness (QED) is 0.664. The Hall–Kier alpha value is -2.28. The Labute approximate surface area is 176 Å². The summed E-state index contributed by atoms with van der Waals surface area (Å²) in [4.78, 5) is 12.5. The lowest BCUT2D eigenvalue weighted by molar-refractivity contribution is -0.116. The number of nitrogens with one attached hydrogen (secondary N) is 1. The molecule has 0 saturated carbocycles. The predicted octanol–water partition coefficient (Wildman–Crippen LogP) is 1.42. The van der Waals surface area contributed by atoms with Gasteiger partial charge in [-0.2, -0.15) is 4.31 Å². The minimum Gasteiger partial charge on any atom is -0.360 e. The van der Waals surface area contributed by atoms with E-state index in [1.807, 2.05) is 0 Å². The maximum atomic E-state index is 12.8. The van der Waals surface area contributed by atoms with Crippen LogP contribution in [-0.2, 0) is 24.8 Å². The molecule has 10 nitrogen and oxygen atoms in total. The number of hydrogen-bond acceptors (Lipinski definition) is 7. The molecule has 0 radical (unpaired) electrons. The Balaban J connectivity index is 2.29. The predicted molar refractivity (Wildman–Crippen MR) is 111 cm³/mol. The summed E-state index contributed by atoms with van der Waals surface area (Å²) in [6.45, 7) is 5.97. The highest BCUT2D eigenvalue weighted by molar-refractivity contribution is 7.89. The fraction of sp³-hybridized carbons (Fsp3) is 0.444. The van der Waals surface area contributed by atoms with E-state index in [2.05, 4.69) is 10.5 Å². The number of rotatable bonds is 7. The summed E-state index contributed by atoms with van der Waals surface area (Å²) in [5, 5.41) is 6.25. The second-order valence-electron chi connectivity index (χ2n) is 7.16. The Bertz CT molecular complexity index is 1160. The molecule has 1 aromatic carbocycles. The highest BCUT2D eigenvalue weighted by Gasteiger charge is 2.30. The molecule has 2 rings (SSSR count). The molecule has 2 aromatic rings. The third-order valence-corrected chi connectivity index (χ3v) is 8.54. The SMILES string of the molecule is Cc1cc(S(=O)(=O)N(C)C)cc(NC(=O)CN(C)S(=O)(=O)c2c(C)noc2C)c1C. The van der Waals surface area contributed by atoms with Gasteiger partial charge in [0.25, 0.3) is 0 Å². The van der Waals surface area contributed by atoms with E-state index in [-0.39, 0.29) is 21.2 Å². The molecular weight excluding hydrogens is 432 g/mol. The van der Waals surface area contributed by atoms with Crippen molar-refractivity contribution >= 4 is 31.6 Å². The first-order valence-corrected chi connectivity index (χ1v) is 11.8. The van der Waals surface area contributed by atoms with Crippen LogP contribution in [0.25, 0.3) is 0 Å². The van der Waals surface area contributed by atoms with Gasteiger partial charge in [0.05, 0.1) is 11.4 Å². The van der Waals surface area contributed by atoms with Gasteiger partial charge < -0.3 is 9.84 Å². The summed E-state index contributed by atoms with van der Waals surface area (Å²) in [6, 6.07) is 2.88. The number of carbonyl (C=O) groups excluding carboxylic acids is 1. The van der Waals surface area contributed by atoms with Gasteiger partial charge in [0, 0.05) is 26.8 Å². The van der Waals surface area contributed by atoms with Gasteiger partial charge in [-0.25, -0.2) is 21.1 Å². The molecule has 0 fully saturated rings. The second kappa shape index (κ2) is 8.46. The number of hydrogen-bond donors (Lipinski definition) is 1. The number of sulfonamides is 2. The number of nitrogens with zero attached hydrogens (tertiary/aromatic N) is 3. The fourth-order valence-electron chi connectivity index (χ4n) is 2.79. The molecular formula is C18H26N4O6S2. The monoisotopic (exact) mass is 458 g/mol. The summed E-state index contributed by atoms with van der Waals surface area (Å²) in [7, 11) is -3.60. The van der Waals surface area contributed by atoms with Crippen molar-refractivity contribution in [2.24, 2.45) is 0 Å². The second-order valence-corrected chi connectivity index (χ2v) is 11.3. The van der Waals surface area contributed by atoms with E-state index in [0.717, 1.165) is 8.61 Å². The van der Waals surface area contributed by atoms with Crippen LogP contribution in [0, 0.1) is 27.7 Å². The smallest absolute Gasteiger partial charge is 0.248 e. The van der Waals surface area contributed by atoms with Gasteiger partial charge in [0.2, 0.25) is 26.0 Å². The zero-order valence-electron chi connectivity index (χ0n) is 18.0. The topological polar surface area (TPSA) is 130 Å². The lowest BCUT2D eigenvalue weighted by Crippen LogP contribution is -2.35. The first kappa shape index (κ1) is 24.0. The van der Waals surface area contributed by atoms with E-state index < -0.39 is 32.5 Å². The molecule has 166 valence electrons. The van der Waals surface area contributed by atoms with E-state index in [1.54, 1.807) is 13.8 Å². The maximum absolute atomic E-state index is 12.8. The van der Waals surface area contributed by atoms with E-state index in [0.29, 0.717) is 16.8 Å². The summed E-state index contributed by atoms with van der Waals surface area (Å²) < 4.78 is 57.3. The summed E-state index contributed by atoms with van der Waals surface area (Å²) in [6.07, 6.45) is 0. The molecule has 0 aliphatic heterocycles. The van der Waals surface area contributed by atoms with Gasteiger partial charge in [-0.15, -0.1) is 0 Å². The van der Waals surface area contributed by atoms with Crippen molar-refractivity contribution < 1.29 is 26.2 Å². The number of benzene rings is 1. The van der Waals surface area contributed by atoms with Crippen LogP contribution in [-0.4, -0.2) is 64.2 Å². The first-order valence-electron chi connectivity index (χ1n) is 8.92. The molecule has 1 N–H and O–H groups in total. The molecule has 0 spiro atoms. The van der Waals surface area contributed by atoms with Gasteiger partial charge in [-0.05, 0) is 51.0 Å². The van der Waals surface area contributed by atoms with Gasteiger partial charge in [0.15, 0.2) is 5.76 Å². The molecule has 0 unspecified atom stereocenters. The van der Waals surface area contributed by atoms with Crippen LogP contribution in [0.4, 0.5) is 5.69 Å². The standard InChI is InChI=1S/C18H26N4O6S2/c1-11-8-15(29(24,25)21(5)6)9-16(12(11)2)19-17(23)10-22(7)30(26,27)18-13(3)20-28-14(18)4/h8-9H,10H2,1-7H3,(H,19,23). The van der Waals surface area contributed by atoms with E-state index in [9.17, 15) is 21.6 Å². The average molecular weight is 459 g/mol. The molecule has 12 heteroatoms. The van der Waals surface area contributed by atoms with Crippen molar-refractivity contribution in [3.8, 4) is 0 Å².